The number of ether oxygens (including phenoxy) is 1. The summed E-state index contributed by atoms with van der Waals surface area (Å²) >= 11 is 5.91. The van der Waals surface area contributed by atoms with Crippen molar-refractivity contribution < 1.29 is 35.5 Å². The predicted octanol–water partition coefficient (Wildman–Crippen LogP) is 4.55. The minimum atomic E-state index is -4.93. The van der Waals surface area contributed by atoms with Crippen LogP contribution in [-0.2, 0) is 21.0 Å². The lowest BCUT2D eigenvalue weighted by atomic mass is 10.2. The Morgan fingerprint density at radius 3 is 2.35 bits per heavy atom. The van der Waals surface area contributed by atoms with Crippen molar-refractivity contribution in [1.29, 1.82) is 0 Å². The fourth-order valence-corrected chi connectivity index (χ4v) is 4.52. The summed E-state index contributed by atoms with van der Waals surface area (Å²) in [6.45, 7) is 2.98. The van der Waals surface area contributed by atoms with Gasteiger partial charge in [-0.15, -0.1) is 0 Å². The number of amides is 1. The van der Waals surface area contributed by atoms with Gasteiger partial charge >= 0.3 is 6.18 Å². The van der Waals surface area contributed by atoms with Gasteiger partial charge in [-0.05, 0) is 36.4 Å². The van der Waals surface area contributed by atoms with E-state index in [0.717, 1.165) is 6.07 Å². The Bertz CT molecular complexity index is 1060. The molecule has 0 atom stereocenters. The van der Waals surface area contributed by atoms with Crippen LogP contribution in [0.4, 0.5) is 23.2 Å². The maximum absolute atomic E-state index is 13.4. The van der Waals surface area contributed by atoms with Crippen molar-refractivity contribution in [2.75, 3.05) is 25.0 Å². The number of rotatable bonds is 8. The first-order valence-electron chi connectivity index (χ1n) is 8.99. The standard InChI is InChI=1S/C19H19ClF4N2O4S/c1-3-26(4-2)31(28,29)17-9-12(20)5-8-16(17)30-11-18(27)25-13-6-7-15(21)14(10-13)19(22,23)24/h5-10H,3-4,11H2,1-2H3,(H,25,27). The molecule has 0 heterocycles. The summed E-state index contributed by atoms with van der Waals surface area (Å²) in [5, 5.41) is 2.28. The Balaban J connectivity index is 2.20. The van der Waals surface area contributed by atoms with Crippen LogP contribution in [0.3, 0.4) is 0 Å². The van der Waals surface area contributed by atoms with Gasteiger partial charge in [-0.3, -0.25) is 4.79 Å². The lowest BCUT2D eigenvalue weighted by molar-refractivity contribution is -0.140. The molecule has 0 bridgehead atoms. The van der Waals surface area contributed by atoms with Crippen LogP contribution in [0.25, 0.3) is 0 Å². The van der Waals surface area contributed by atoms with Crippen LogP contribution in [0.15, 0.2) is 41.3 Å². The number of alkyl halides is 3. The summed E-state index contributed by atoms with van der Waals surface area (Å²) in [6.07, 6.45) is -4.93. The zero-order valence-corrected chi connectivity index (χ0v) is 18.0. The molecule has 0 spiro atoms. The Kier molecular flexibility index (Phi) is 7.90. The van der Waals surface area contributed by atoms with Gasteiger partial charge in [-0.2, -0.15) is 17.5 Å². The maximum atomic E-state index is 13.4. The number of benzene rings is 2. The van der Waals surface area contributed by atoms with Crippen LogP contribution in [0.1, 0.15) is 19.4 Å². The van der Waals surface area contributed by atoms with Gasteiger partial charge in [0.2, 0.25) is 10.0 Å². The molecular formula is C19H19ClF4N2O4S. The first-order chi connectivity index (χ1) is 14.4. The van der Waals surface area contributed by atoms with Crippen LogP contribution < -0.4 is 10.1 Å². The van der Waals surface area contributed by atoms with Gasteiger partial charge < -0.3 is 10.1 Å². The lowest BCUT2D eigenvalue weighted by Gasteiger charge is -2.20. The van der Waals surface area contributed by atoms with E-state index in [1.165, 1.54) is 22.5 Å². The zero-order valence-electron chi connectivity index (χ0n) is 16.5. The van der Waals surface area contributed by atoms with Crippen LogP contribution >= 0.6 is 11.6 Å². The Morgan fingerprint density at radius 1 is 1.13 bits per heavy atom. The molecule has 0 radical (unpaired) electrons. The number of carbonyl (C=O) groups excluding carboxylic acids is 1. The van der Waals surface area contributed by atoms with Crippen molar-refractivity contribution in [2.24, 2.45) is 0 Å². The van der Waals surface area contributed by atoms with Gasteiger partial charge in [0.05, 0.1) is 5.56 Å². The topological polar surface area (TPSA) is 75.7 Å². The molecule has 1 N–H and O–H groups in total. The summed E-state index contributed by atoms with van der Waals surface area (Å²) in [6, 6.07) is 5.80. The molecular weight excluding hydrogens is 464 g/mol. The van der Waals surface area contributed by atoms with Crippen molar-refractivity contribution >= 4 is 33.2 Å². The Labute approximate surface area is 181 Å². The van der Waals surface area contributed by atoms with E-state index in [-0.39, 0.29) is 34.4 Å². The van der Waals surface area contributed by atoms with E-state index in [0.29, 0.717) is 12.1 Å². The number of nitrogens with one attached hydrogen (secondary N) is 1. The van der Waals surface area contributed by atoms with Crippen molar-refractivity contribution in [3.63, 3.8) is 0 Å². The van der Waals surface area contributed by atoms with E-state index in [2.05, 4.69) is 5.32 Å². The molecule has 2 aromatic rings. The van der Waals surface area contributed by atoms with Crippen molar-refractivity contribution in [2.45, 2.75) is 24.9 Å². The third-order valence-electron chi connectivity index (χ3n) is 4.14. The average molecular weight is 483 g/mol. The molecule has 0 aromatic heterocycles. The molecule has 170 valence electrons. The third-order valence-corrected chi connectivity index (χ3v) is 6.45. The lowest BCUT2D eigenvalue weighted by Crippen LogP contribution is -2.31. The molecule has 2 aromatic carbocycles. The fourth-order valence-electron chi connectivity index (χ4n) is 2.67. The highest BCUT2D eigenvalue weighted by Crippen LogP contribution is 2.33. The molecule has 0 fully saturated rings. The minimum Gasteiger partial charge on any atom is -0.482 e. The van der Waals surface area contributed by atoms with Gasteiger partial charge in [-0.25, -0.2) is 12.8 Å². The normalized spacial score (nSPS) is 12.1. The van der Waals surface area contributed by atoms with E-state index in [9.17, 15) is 30.8 Å². The predicted molar refractivity (Wildman–Crippen MR) is 107 cm³/mol. The molecule has 0 aliphatic carbocycles. The van der Waals surface area contributed by atoms with Gasteiger partial charge in [0.1, 0.15) is 16.5 Å². The average Bonchev–Trinajstić information content (AvgIpc) is 2.68. The fraction of sp³-hybridized carbons (Fsp3) is 0.316. The van der Waals surface area contributed by atoms with Crippen LogP contribution in [0.5, 0.6) is 5.75 Å². The quantitative estimate of drug-likeness (QED) is 0.560. The molecule has 2 rings (SSSR count). The summed E-state index contributed by atoms with van der Waals surface area (Å²) in [7, 11) is -3.96. The summed E-state index contributed by atoms with van der Waals surface area (Å²) in [4.78, 5) is 11.9. The highest BCUT2D eigenvalue weighted by Gasteiger charge is 2.34. The van der Waals surface area contributed by atoms with Crippen molar-refractivity contribution in [3.8, 4) is 5.75 Å². The maximum Gasteiger partial charge on any atom is 0.419 e. The zero-order chi connectivity index (χ0) is 23.4. The highest BCUT2D eigenvalue weighted by molar-refractivity contribution is 7.89. The van der Waals surface area contributed by atoms with Gasteiger partial charge in [0.25, 0.3) is 5.91 Å². The molecule has 0 unspecified atom stereocenters. The number of sulfonamides is 1. The first-order valence-corrected chi connectivity index (χ1v) is 10.8. The van der Waals surface area contributed by atoms with E-state index in [4.69, 9.17) is 16.3 Å². The smallest absolute Gasteiger partial charge is 0.419 e. The second-order valence-electron chi connectivity index (χ2n) is 6.21. The number of carbonyl (C=O) groups is 1. The van der Waals surface area contributed by atoms with E-state index in [1.807, 2.05) is 0 Å². The molecule has 1 amide bonds. The van der Waals surface area contributed by atoms with E-state index in [1.54, 1.807) is 13.8 Å². The van der Waals surface area contributed by atoms with E-state index < -0.39 is 40.1 Å². The molecule has 0 aliphatic rings. The van der Waals surface area contributed by atoms with Gasteiger partial charge in [0, 0.05) is 23.8 Å². The number of hydrogen-bond donors (Lipinski definition) is 1. The second-order valence-corrected chi connectivity index (χ2v) is 8.55. The Hall–Kier alpha value is -2.37. The van der Waals surface area contributed by atoms with Crippen LogP contribution in [0.2, 0.25) is 5.02 Å². The van der Waals surface area contributed by atoms with Crippen molar-refractivity contribution in [1.82, 2.24) is 4.31 Å². The molecule has 6 nitrogen and oxygen atoms in total. The highest BCUT2D eigenvalue weighted by atomic mass is 35.5. The summed E-state index contributed by atoms with van der Waals surface area (Å²) in [5.74, 6) is -2.50. The van der Waals surface area contributed by atoms with E-state index >= 15 is 0 Å². The molecule has 12 heteroatoms. The molecule has 0 saturated carbocycles. The molecule has 0 aliphatic heterocycles. The summed E-state index contributed by atoms with van der Waals surface area (Å²) < 4.78 is 83.8. The number of nitrogens with zero attached hydrogens (tertiary/aromatic N) is 1. The number of anilines is 1. The third kappa shape index (κ3) is 6.08. The largest absolute Gasteiger partial charge is 0.482 e. The summed E-state index contributed by atoms with van der Waals surface area (Å²) in [5.41, 5.74) is -1.83. The molecule has 31 heavy (non-hydrogen) atoms. The number of halogens is 5. The molecule has 0 saturated heterocycles. The SMILES string of the molecule is CCN(CC)S(=O)(=O)c1cc(Cl)ccc1OCC(=O)Nc1ccc(F)c(C(F)(F)F)c1. The van der Waals surface area contributed by atoms with Crippen LogP contribution in [-0.4, -0.2) is 38.3 Å². The Morgan fingerprint density at radius 2 is 1.77 bits per heavy atom. The number of hydrogen-bond acceptors (Lipinski definition) is 4. The first kappa shape index (κ1) is 24.9. The monoisotopic (exact) mass is 482 g/mol. The van der Waals surface area contributed by atoms with Gasteiger partial charge in [0.15, 0.2) is 6.61 Å². The minimum absolute atomic E-state index is 0.133. The van der Waals surface area contributed by atoms with Crippen LogP contribution in [0, 0.1) is 5.82 Å². The second kappa shape index (κ2) is 9.84. The van der Waals surface area contributed by atoms with Gasteiger partial charge in [-0.1, -0.05) is 25.4 Å². The van der Waals surface area contributed by atoms with Crippen molar-refractivity contribution in [3.05, 3.63) is 52.8 Å².